The molecule has 0 atom stereocenters. The lowest BCUT2D eigenvalue weighted by Crippen LogP contribution is -2.13. The van der Waals surface area contributed by atoms with Gasteiger partial charge in [0, 0.05) is 88.4 Å². The zero-order valence-corrected chi connectivity index (χ0v) is 53.2. The van der Waals surface area contributed by atoms with Gasteiger partial charge in [0.25, 0.3) is 0 Å². The van der Waals surface area contributed by atoms with E-state index in [1.54, 1.807) is 0 Å². The van der Waals surface area contributed by atoms with E-state index in [9.17, 15) is 0 Å². The highest BCUT2D eigenvalue weighted by atomic mass is 32.1. The molecule has 5 heteroatoms. The summed E-state index contributed by atoms with van der Waals surface area (Å²) < 4.78 is 2.54. The summed E-state index contributed by atoms with van der Waals surface area (Å²) in [6, 6.07) is 92.9. The minimum atomic E-state index is 1.10. The molecular formula is C83H74N4S. The Morgan fingerprint density at radius 2 is 0.409 bits per heavy atom. The summed E-state index contributed by atoms with van der Waals surface area (Å²) in [6.07, 6.45) is 0. The molecule has 0 bridgehead atoms. The molecule has 0 fully saturated rings. The van der Waals surface area contributed by atoms with Gasteiger partial charge >= 0.3 is 0 Å². The first-order chi connectivity index (χ1) is 42.6. The average molecular weight is 1160 g/mol. The van der Waals surface area contributed by atoms with E-state index in [1.165, 1.54) is 110 Å². The molecule has 432 valence electrons. The van der Waals surface area contributed by atoms with Gasteiger partial charge in [-0.3, -0.25) is 0 Å². The maximum atomic E-state index is 2.43. The van der Waals surface area contributed by atoms with Crippen LogP contribution in [0.4, 0.5) is 68.2 Å². The van der Waals surface area contributed by atoms with E-state index in [2.05, 4.69) is 344 Å². The van der Waals surface area contributed by atoms with E-state index in [4.69, 9.17) is 0 Å². The number of thiophene rings is 1. The molecule has 0 unspecified atom stereocenters. The minimum Gasteiger partial charge on any atom is -0.310 e. The molecule has 12 aromatic carbocycles. The van der Waals surface area contributed by atoms with Crippen LogP contribution in [0.25, 0.3) is 42.4 Å². The number of aryl methyl sites for hydroxylation is 11. The van der Waals surface area contributed by atoms with Crippen molar-refractivity contribution in [3.8, 4) is 22.3 Å². The second kappa shape index (κ2) is 23.7. The summed E-state index contributed by atoms with van der Waals surface area (Å²) in [5, 5.41) is 2.50. The van der Waals surface area contributed by atoms with Crippen molar-refractivity contribution in [2.45, 2.75) is 76.2 Å². The van der Waals surface area contributed by atoms with Crippen molar-refractivity contribution in [1.82, 2.24) is 0 Å². The minimum absolute atomic E-state index is 1.10. The predicted molar refractivity (Wildman–Crippen MR) is 381 cm³/mol. The maximum absolute atomic E-state index is 2.43. The van der Waals surface area contributed by atoms with Gasteiger partial charge in [-0.15, -0.1) is 11.3 Å². The van der Waals surface area contributed by atoms with Gasteiger partial charge in [-0.2, -0.15) is 0 Å². The molecule has 0 aliphatic heterocycles. The lowest BCUT2D eigenvalue weighted by atomic mass is 10.0. The van der Waals surface area contributed by atoms with Crippen LogP contribution >= 0.6 is 11.3 Å². The Bertz CT molecular complexity index is 4680. The van der Waals surface area contributed by atoms with Gasteiger partial charge in [0.2, 0.25) is 0 Å². The van der Waals surface area contributed by atoms with Crippen LogP contribution in [-0.2, 0) is 0 Å². The van der Waals surface area contributed by atoms with Gasteiger partial charge in [0.05, 0.1) is 0 Å². The lowest BCUT2D eigenvalue weighted by molar-refractivity contribution is 1.21. The van der Waals surface area contributed by atoms with Gasteiger partial charge in [-0.25, -0.2) is 0 Å². The first-order valence-corrected chi connectivity index (χ1v) is 31.4. The van der Waals surface area contributed by atoms with Crippen molar-refractivity contribution in [2.75, 3.05) is 19.6 Å². The fraction of sp³-hybridized carbons (Fsp3) is 0.133. The highest BCUT2D eigenvalue weighted by Gasteiger charge is 2.22. The van der Waals surface area contributed by atoms with Crippen molar-refractivity contribution < 1.29 is 0 Å². The van der Waals surface area contributed by atoms with E-state index in [-0.39, 0.29) is 0 Å². The average Bonchev–Trinajstić information content (AvgIpc) is 1.78. The number of hydrogen-bond acceptors (Lipinski definition) is 5. The molecule has 0 aliphatic carbocycles. The number of hydrogen-bond donors (Lipinski definition) is 0. The number of rotatable bonds is 14. The smallest absolute Gasteiger partial charge is 0.0491 e. The second-order valence-electron chi connectivity index (χ2n) is 24.3. The van der Waals surface area contributed by atoms with Crippen LogP contribution in [0.5, 0.6) is 0 Å². The van der Waals surface area contributed by atoms with Gasteiger partial charge in [0.1, 0.15) is 0 Å². The van der Waals surface area contributed by atoms with E-state index < -0.39 is 0 Å². The molecule has 0 saturated carbocycles. The fourth-order valence-electron chi connectivity index (χ4n) is 12.9. The molecule has 4 nitrogen and oxygen atoms in total. The molecule has 0 saturated heterocycles. The monoisotopic (exact) mass is 1160 g/mol. The van der Waals surface area contributed by atoms with E-state index in [0.29, 0.717) is 0 Å². The molecule has 0 aliphatic rings. The molecule has 0 N–H and O–H groups in total. The zero-order valence-electron chi connectivity index (χ0n) is 52.4. The van der Waals surface area contributed by atoms with Crippen molar-refractivity contribution in [2.24, 2.45) is 0 Å². The molecule has 88 heavy (non-hydrogen) atoms. The molecule has 1 heterocycles. The van der Waals surface area contributed by atoms with E-state index in [0.717, 1.165) is 62.3 Å². The summed E-state index contributed by atoms with van der Waals surface area (Å²) >= 11 is 1.86. The van der Waals surface area contributed by atoms with Crippen molar-refractivity contribution in [3.05, 3.63) is 310 Å². The molecule has 13 rings (SSSR count). The Morgan fingerprint density at radius 1 is 0.193 bits per heavy atom. The Hall–Kier alpha value is -9.94. The van der Waals surface area contributed by atoms with Crippen molar-refractivity contribution >= 4 is 99.8 Å². The standard InChI is InChI=1S/C83H74N4S/c1-53-12-27-68(28-13-53)85(78-40-15-55(3)47-60(78)8)73-37-44-82-75(51-73)76-52-74(38-45-83(76)88-82)86(79-41-16-56(4)48-61(79)9)71-33-23-66(24-34-71)64-19-29-69(30-20-64)84(77-39-14-54(2)46-59(77)7)70-31-21-65(22-32-70)67-25-35-72(36-26-67)87(80-42-17-57(5)49-62(80)10)81-43-18-58(6)50-63(81)11/h12-52H,1-11H3. The third kappa shape index (κ3) is 11.3. The molecular weight excluding hydrogens is 1090 g/mol. The topological polar surface area (TPSA) is 13.0 Å². The van der Waals surface area contributed by atoms with Crippen LogP contribution in [0, 0.1) is 76.2 Å². The normalized spacial score (nSPS) is 11.4. The third-order valence-corrected chi connectivity index (χ3v) is 18.5. The number of benzene rings is 12. The van der Waals surface area contributed by atoms with Crippen LogP contribution in [0.1, 0.15) is 61.2 Å². The van der Waals surface area contributed by atoms with E-state index in [1.807, 2.05) is 11.3 Å². The number of anilines is 12. The van der Waals surface area contributed by atoms with Crippen LogP contribution < -0.4 is 19.6 Å². The molecule has 0 spiro atoms. The third-order valence-electron chi connectivity index (χ3n) is 17.4. The summed E-state index contributed by atoms with van der Waals surface area (Å²) in [5.74, 6) is 0. The quantitative estimate of drug-likeness (QED) is 0.108. The summed E-state index contributed by atoms with van der Waals surface area (Å²) in [5.41, 5.74) is 32.0. The van der Waals surface area contributed by atoms with Crippen molar-refractivity contribution in [3.63, 3.8) is 0 Å². The molecule has 13 aromatic rings. The Labute approximate surface area is 524 Å². The molecule has 0 radical (unpaired) electrons. The Kier molecular flexibility index (Phi) is 15.4. The first-order valence-electron chi connectivity index (χ1n) is 30.6. The van der Waals surface area contributed by atoms with Crippen molar-refractivity contribution in [1.29, 1.82) is 0 Å². The Morgan fingerprint density at radius 3 is 0.682 bits per heavy atom. The first kappa shape index (κ1) is 57.2. The Balaban J connectivity index is 0.809. The van der Waals surface area contributed by atoms with Gasteiger partial charge in [-0.1, -0.05) is 155 Å². The van der Waals surface area contributed by atoms with Crippen LogP contribution in [0.2, 0.25) is 0 Å². The van der Waals surface area contributed by atoms with Crippen LogP contribution in [0.3, 0.4) is 0 Å². The fourth-order valence-corrected chi connectivity index (χ4v) is 14.0. The van der Waals surface area contributed by atoms with Gasteiger partial charge in [-0.05, 0) is 254 Å². The number of nitrogens with zero attached hydrogens (tertiary/aromatic N) is 4. The second-order valence-corrected chi connectivity index (χ2v) is 25.4. The zero-order chi connectivity index (χ0) is 60.9. The number of fused-ring (bicyclic) bond motifs is 3. The van der Waals surface area contributed by atoms with E-state index >= 15 is 0 Å². The SMILES string of the molecule is Cc1ccc(N(c2ccc3sc4ccc(N(c5ccc(-c6ccc(N(c7ccc(-c8ccc(N(c9ccc(C)cc9C)c9ccc(C)cc9C)cc8)cc7)c7ccc(C)cc7C)cc6)cc5)c5ccc(C)cc5C)cc4c3c2)c2ccc(C)cc2C)cc1. The molecule has 0 amide bonds. The lowest BCUT2D eigenvalue weighted by Gasteiger charge is -2.29. The predicted octanol–water partition coefficient (Wildman–Crippen LogP) is 24.7. The summed E-state index contributed by atoms with van der Waals surface area (Å²) in [6.45, 7) is 24.1. The summed E-state index contributed by atoms with van der Waals surface area (Å²) in [7, 11) is 0. The maximum Gasteiger partial charge on any atom is 0.0491 e. The largest absolute Gasteiger partial charge is 0.310 e. The van der Waals surface area contributed by atoms with Crippen LogP contribution in [0.15, 0.2) is 249 Å². The van der Waals surface area contributed by atoms with Gasteiger partial charge < -0.3 is 19.6 Å². The highest BCUT2D eigenvalue weighted by molar-refractivity contribution is 7.25. The molecule has 1 aromatic heterocycles. The summed E-state index contributed by atoms with van der Waals surface area (Å²) in [4.78, 5) is 9.63. The van der Waals surface area contributed by atoms with Gasteiger partial charge in [0.15, 0.2) is 0 Å². The van der Waals surface area contributed by atoms with Crippen LogP contribution in [-0.4, -0.2) is 0 Å². The highest BCUT2D eigenvalue weighted by Crippen LogP contribution is 2.47.